The number of benzene rings is 4. The van der Waals surface area contributed by atoms with Crippen molar-refractivity contribution in [2.24, 2.45) is 0 Å². The van der Waals surface area contributed by atoms with Crippen LogP contribution < -0.4 is 0 Å². The van der Waals surface area contributed by atoms with Crippen molar-refractivity contribution in [2.45, 2.75) is 118 Å². The van der Waals surface area contributed by atoms with E-state index in [1.54, 1.807) is 0 Å². The Balaban J connectivity index is 0.000000244. The SMILES string of the molecule is CCCCc1cc2c(-c3ccccc3C(C)CC)cccc2[cH-]1.CCCCc1cc2c(-c3ccccc3C(C)CC)cccc2[cH-]1.C[Si]C.[Cl][Zr+2][Cl]. The summed E-state index contributed by atoms with van der Waals surface area (Å²) in [7, 11) is 11.0. The molecule has 52 heavy (non-hydrogen) atoms. The average molecular weight is 827 g/mol. The predicted molar refractivity (Wildman–Crippen MR) is 234 cm³/mol. The van der Waals surface area contributed by atoms with Crippen molar-refractivity contribution >= 4 is 48.1 Å². The predicted octanol–water partition coefficient (Wildman–Crippen LogP) is 16.3. The van der Waals surface area contributed by atoms with Crippen LogP contribution in [0.1, 0.15) is 114 Å². The van der Waals surface area contributed by atoms with Crippen LogP contribution in [0.4, 0.5) is 0 Å². The molecular weight excluding hydrogens is 767 g/mol. The maximum absolute atomic E-state index is 4.93. The molecule has 0 aliphatic rings. The number of aryl methyl sites for hydroxylation is 2. The van der Waals surface area contributed by atoms with E-state index in [4.69, 9.17) is 17.0 Å². The molecule has 0 aromatic heterocycles. The second kappa shape index (κ2) is 24.2. The first-order chi connectivity index (χ1) is 25.3. The van der Waals surface area contributed by atoms with Gasteiger partial charge in [0.05, 0.1) is 0 Å². The third-order valence-electron chi connectivity index (χ3n) is 10.0. The Hall–Kier alpha value is -2.22. The maximum atomic E-state index is 4.93. The third kappa shape index (κ3) is 12.4. The topological polar surface area (TPSA) is 0 Å². The van der Waals surface area contributed by atoms with Gasteiger partial charge in [0.15, 0.2) is 0 Å². The van der Waals surface area contributed by atoms with Gasteiger partial charge in [0, 0.05) is 9.52 Å². The van der Waals surface area contributed by atoms with Gasteiger partial charge in [-0.2, -0.15) is 12.1 Å². The van der Waals surface area contributed by atoms with Crippen molar-refractivity contribution in [1.82, 2.24) is 0 Å². The molecule has 2 radical (unpaired) electrons. The summed E-state index contributed by atoms with van der Waals surface area (Å²) in [6.45, 7) is 18.0. The summed E-state index contributed by atoms with van der Waals surface area (Å²) in [6.07, 6.45) is 9.79. The molecule has 6 aromatic rings. The standard InChI is InChI=1S/2C23H27.C2H6Si.2ClH.Zr/c2*1-4-6-10-18-15-19-11-9-14-22(23(19)16-18)21-13-8-7-12-20(21)17(3)5-2;1-3-2;;;/h2*7-9,11-17H,4-6,10H2,1-3H3;1-2H3;2*1H;/q2*-1;;;;+4/p-2. The minimum atomic E-state index is -0.826. The van der Waals surface area contributed by atoms with E-state index in [1.165, 1.54) is 117 Å². The van der Waals surface area contributed by atoms with Crippen LogP contribution in [-0.2, 0) is 33.7 Å². The molecule has 0 aliphatic carbocycles. The van der Waals surface area contributed by atoms with Crippen molar-refractivity contribution in [1.29, 1.82) is 0 Å². The molecule has 2 atom stereocenters. The van der Waals surface area contributed by atoms with Gasteiger partial charge >= 0.3 is 37.9 Å². The monoisotopic (exact) mass is 824 g/mol. The summed E-state index contributed by atoms with van der Waals surface area (Å²) in [5.74, 6) is 1.19. The Bertz CT molecular complexity index is 1750. The Kier molecular flexibility index (Phi) is 20.6. The zero-order valence-electron chi connectivity index (χ0n) is 33.0. The van der Waals surface area contributed by atoms with Crippen LogP contribution in [0.5, 0.6) is 0 Å². The number of rotatable bonds is 12. The van der Waals surface area contributed by atoms with Crippen LogP contribution in [0.2, 0.25) is 13.1 Å². The number of unbranched alkanes of at least 4 members (excludes halogenated alkanes) is 2. The van der Waals surface area contributed by atoms with Crippen LogP contribution in [0, 0.1) is 0 Å². The first-order valence-corrected chi connectivity index (χ1v) is 27.7. The normalized spacial score (nSPS) is 11.7. The number of fused-ring (bicyclic) bond motifs is 2. The van der Waals surface area contributed by atoms with E-state index >= 15 is 0 Å². The molecule has 0 N–H and O–H groups in total. The van der Waals surface area contributed by atoms with Crippen molar-refractivity contribution in [3.8, 4) is 22.3 Å². The minimum absolute atomic E-state index is 0.594. The Labute approximate surface area is 338 Å². The third-order valence-corrected chi connectivity index (χ3v) is 10.0. The van der Waals surface area contributed by atoms with E-state index in [2.05, 4.69) is 164 Å². The molecule has 0 amide bonds. The Morgan fingerprint density at radius 2 is 0.904 bits per heavy atom. The molecule has 4 heteroatoms. The second-order valence-corrected chi connectivity index (χ2v) is 18.6. The van der Waals surface area contributed by atoms with Crippen molar-refractivity contribution < 1.29 is 20.8 Å². The first kappa shape index (κ1) is 44.2. The molecule has 6 rings (SSSR count). The molecular formula is C48H60Cl2SiZr. The number of hydrogen-bond acceptors (Lipinski definition) is 0. The molecule has 0 nitrogen and oxygen atoms in total. The van der Waals surface area contributed by atoms with Crippen LogP contribution in [0.3, 0.4) is 0 Å². The Morgan fingerprint density at radius 3 is 1.25 bits per heavy atom. The molecule has 0 spiro atoms. The van der Waals surface area contributed by atoms with E-state index in [0.29, 0.717) is 11.8 Å². The summed E-state index contributed by atoms with van der Waals surface area (Å²) in [5.41, 5.74) is 11.5. The zero-order valence-corrected chi connectivity index (χ0v) is 37.9. The van der Waals surface area contributed by atoms with E-state index in [-0.39, 0.29) is 0 Å². The molecule has 274 valence electrons. The average Bonchev–Trinajstić information content (AvgIpc) is 3.80. The van der Waals surface area contributed by atoms with Crippen LogP contribution in [0.25, 0.3) is 43.8 Å². The molecule has 0 bridgehead atoms. The number of hydrogen-bond donors (Lipinski definition) is 0. The van der Waals surface area contributed by atoms with Gasteiger partial charge in [0.1, 0.15) is 0 Å². The van der Waals surface area contributed by atoms with Gasteiger partial charge < -0.3 is 0 Å². The van der Waals surface area contributed by atoms with Crippen LogP contribution in [-0.4, -0.2) is 9.52 Å². The van der Waals surface area contributed by atoms with Gasteiger partial charge in [-0.1, -0.05) is 152 Å². The summed E-state index contributed by atoms with van der Waals surface area (Å²) in [5, 5.41) is 5.59. The molecule has 0 heterocycles. The fourth-order valence-corrected chi connectivity index (χ4v) is 6.90. The van der Waals surface area contributed by atoms with Crippen LogP contribution in [0.15, 0.2) is 109 Å². The summed E-state index contributed by atoms with van der Waals surface area (Å²) < 4.78 is 0. The van der Waals surface area contributed by atoms with Gasteiger partial charge in [0.2, 0.25) is 0 Å². The van der Waals surface area contributed by atoms with E-state index in [0.717, 1.165) is 9.52 Å². The fourth-order valence-electron chi connectivity index (χ4n) is 6.90. The van der Waals surface area contributed by atoms with Gasteiger partial charge in [-0.05, 0) is 59.8 Å². The fraction of sp³-hybridized carbons (Fsp3) is 0.375. The molecule has 0 saturated carbocycles. The first-order valence-electron chi connectivity index (χ1n) is 19.4. The molecule has 2 unspecified atom stereocenters. The van der Waals surface area contributed by atoms with E-state index in [1.807, 2.05) is 0 Å². The van der Waals surface area contributed by atoms with E-state index < -0.39 is 20.8 Å². The molecule has 0 aliphatic heterocycles. The summed E-state index contributed by atoms with van der Waals surface area (Å²) in [6, 6.07) is 40.9. The summed E-state index contributed by atoms with van der Waals surface area (Å²) >= 11 is -0.826. The summed E-state index contributed by atoms with van der Waals surface area (Å²) in [4.78, 5) is 0. The molecule has 6 aromatic carbocycles. The zero-order chi connectivity index (χ0) is 37.9. The molecule has 0 saturated heterocycles. The molecule has 0 fully saturated rings. The van der Waals surface area contributed by atoms with Crippen molar-refractivity contribution in [3.05, 3.63) is 131 Å². The van der Waals surface area contributed by atoms with Crippen LogP contribution >= 0.6 is 17.0 Å². The van der Waals surface area contributed by atoms with Gasteiger partial charge in [-0.25, -0.2) is 0 Å². The van der Waals surface area contributed by atoms with Gasteiger partial charge in [-0.3, -0.25) is 0 Å². The van der Waals surface area contributed by atoms with Gasteiger partial charge in [0.25, 0.3) is 0 Å². The van der Waals surface area contributed by atoms with Gasteiger partial charge in [-0.15, -0.1) is 69.1 Å². The quantitative estimate of drug-likeness (QED) is 0.0852. The second-order valence-electron chi connectivity index (χ2n) is 13.9. The number of halogens is 2. The van der Waals surface area contributed by atoms with Crippen molar-refractivity contribution in [2.75, 3.05) is 0 Å². The van der Waals surface area contributed by atoms with Crippen molar-refractivity contribution in [3.63, 3.8) is 0 Å². The Morgan fingerprint density at radius 1 is 0.558 bits per heavy atom. The van der Waals surface area contributed by atoms with E-state index in [9.17, 15) is 0 Å².